The second-order valence-electron chi connectivity index (χ2n) is 6.24. The predicted octanol–water partition coefficient (Wildman–Crippen LogP) is 2.78. The molecule has 4 rings (SSSR count). The van der Waals surface area contributed by atoms with Gasteiger partial charge in [0.1, 0.15) is 13.2 Å². The monoisotopic (exact) mass is 416 g/mol. The molecule has 152 valence electrons. The maximum atomic E-state index is 12.9. The highest BCUT2D eigenvalue weighted by atomic mass is 32.1. The molecule has 0 atom stereocenters. The van der Waals surface area contributed by atoms with Gasteiger partial charge >= 0.3 is 0 Å². The largest absolute Gasteiger partial charge is 0.493 e. The van der Waals surface area contributed by atoms with E-state index >= 15 is 0 Å². The standard InChI is InChI=1S/C20H20N2O6S/c1-22-12-9-13-14(28-6-5-27-13)10-17(12)29-20(22)21-19(23)11-7-15(24-2)18(26-4)16(8-11)25-3/h7-10H,5-6H2,1-4H3. The molecule has 0 spiro atoms. The van der Waals surface area contributed by atoms with Gasteiger partial charge in [-0.05, 0) is 12.1 Å². The fourth-order valence-electron chi connectivity index (χ4n) is 3.13. The van der Waals surface area contributed by atoms with Gasteiger partial charge in [0.05, 0.1) is 31.5 Å². The smallest absolute Gasteiger partial charge is 0.279 e. The Hall–Kier alpha value is -3.20. The molecule has 1 aliphatic heterocycles. The van der Waals surface area contributed by atoms with Gasteiger partial charge in [0, 0.05) is 24.7 Å². The van der Waals surface area contributed by atoms with Gasteiger partial charge in [-0.1, -0.05) is 11.3 Å². The zero-order valence-electron chi connectivity index (χ0n) is 16.5. The fourth-order valence-corrected chi connectivity index (χ4v) is 4.15. The number of hydrogen-bond acceptors (Lipinski definition) is 7. The van der Waals surface area contributed by atoms with Crippen LogP contribution in [0.15, 0.2) is 29.3 Å². The number of aryl methyl sites for hydroxylation is 1. The van der Waals surface area contributed by atoms with Gasteiger partial charge in [-0.25, -0.2) is 0 Å². The van der Waals surface area contributed by atoms with Gasteiger partial charge in [-0.2, -0.15) is 4.99 Å². The summed E-state index contributed by atoms with van der Waals surface area (Å²) in [6, 6.07) is 6.99. The highest BCUT2D eigenvalue weighted by molar-refractivity contribution is 7.16. The van der Waals surface area contributed by atoms with Crippen molar-refractivity contribution >= 4 is 27.5 Å². The first kappa shape index (κ1) is 19.1. The lowest BCUT2D eigenvalue weighted by molar-refractivity contribution is 0.0997. The summed E-state index contributed by atoms with van der Waals surface area (Å²) >= 11 is 1.40. The van der Waals surface area contributed by atoms with Crippen molar-refractivity contribution in [2.75, 3.05) is 34.5 Å². The molecule has 3 aromatic rings. The molecule has 1 aromatic heterocycles. The van der Waals surface area contributed by atoms with E-state index < -0.39 is 5.91 Å². The molecule has 9 heteroatoms. The van der Waals surface area contributed by atoms with Crippen LogP contribution in [0.2, 0.25) is 0 Å². The Morgan fingerprint density at radius 2 is 1.62 bits per heavy atom. The molecule has 0 saturated heterocycles. The summed E-state index contributed by atoms with van der Waals surface area (Å²) in [5.74, 6) is 2.20. The van der Waals surface area contributed by atoms with Gasteiger partial charge in [-0.15, -0.1) is 0 Å². The first-order chi connectivity index (χ1) is 14.0. The van der Waals surface area contributed by atoms with Crippen LogP contribution in [0.5, 0.6) is 28.7 Å². The number of aromatic nitrogens is 1. The Bertz CT molecular complexity index is 1140. The van der Waals surface area contributed by atoms with Gasteiger partial charge in [0.25, 0.3) is 5.91 Å². The maximum absolute atomic E-state index is 12.9. The number of rotatable bonds is 4. The second-order valence-corrected chi connectivity index (χ2v) is 7.25. The van der Waals surface area contributed by atoms with Crippen LogP contribution in [-0.4, -0.2) is 45.0 Å². The van der Waals surface area contributed by atoms with Gasteiger partial charge < -0.3 is 28.3 Å². The number of methoxy groups -OCH3 is 3. The fraction of sp³-hybridized carbons (Fsp3) is 0.300. The quantitative estimate of drug-likeness (QED) is 0.651. The molecule has 0 N–H and O–H groups in total. The average molecular weight is 416 g/mol. The molecule has 0 unspecified atom stereocenters. The number of fused-ring (bicyclic) bond motifs is 2. The molecule has 2 aromatic carbocycles. The predicted molar refractivity (Wildman–Crippen MR) is 108 cm³/mol. The third-order valence-corrected chi connectivity index (χ3v) is 5.68. The van der Waals surface area contributed by atoms with Gasteiger partial charge in [0.15, 0.2) is 27.8 Å². The lowest BCUT2D eigenvalue weighted by Gasteiger charge is -2.18. The number of carbonyl (C=O) groups is 1. The van der Waals surface area contributed by atoms with Crippen molar-refractivity contribution < 1.29 is 28.5 Å². The average Bonchev–Trinajstić information content (AvgIpc) is 3.05. The van der Waals surface area contributed by atoms with E-state index in [-0.39, 0.29) is 0 Å². The highest BCUT2D eigenvalue weighted by Gasteiger charge is 2.18. The molecule has 0 aliphatic carbocycles. The minimum absolute atomic E-state index is 0.336. The number of thiazole rings is 1. The van der Waals surface area contributed by atoms with E-state index in [9.17, 15) is 4.79 Å². The first-order valence-electron chi connectivity index (χ1n) is 8.84. The van der Waals surface area contributed by atoms with E-state index in [0.29, 0.717) is 52.3 Å². The van der Waals surface area contributed by atoms with Crippen molar-refractivity contribution in [3.8, 4) is 28.7 Å². The van der Waals surface area contributed by atoms with Crippen LogP contribution in [0, 0.1) is 0 Å². The number of ether oxygens (including phenoxy) is 5. The molecule has 1 aliphatic rings. The van der Waals surface area contributed by atoms with E-state index in [4.69, 9.17) is 23.7 Å². The van der Waals surface area contributed by atoms with Crippen LogP contribution in [0.3, 0.4) is 0 Å². The Kier molecular flexibility index (Phi) is 5.06. The van der Waals surface area contributed by atoms with E-state index in [0.717, 1.165) is 10.2 Å². The number of benzene rings is 2. The van der Waals surface area contributed by atoms with Gasteiger partial charge in [0.2, 0.25) is 5.75 Å². The third kappa shape index (κ3) is 3.38. The minimum atomic E-state index is -0.413. The molecule has 29 heavy (non-hydrogen) atoms. The Morgan fingerprint density at radius 1 is 1.00 bits per heavy atom. The van der Waals surface area contributed by atoms with Crippen molar-refractivity contribution in [3.63, 3.8) is 0 Å². The van der Waals surface area contributed by atoms with Crippen LogP contribution < -0.4 is 28.5 Å². The zero-order chi connectivity index (χ0) is 20.5. The number of hydrogen-bond donors (Lipinski definition) is 0. The number of nitrogens with zero attached hydrogens (tertiary/aromatic N) is 2. The summed E-state index contributed by atoms with van der Waals surface area (Å²) in [7, 11) is 6.37. The Morgan fingerprint density at radius 3 is 2.21 bits per heavy atom. The molecular formula is C20H20N2O6S. The molecule has 1 amide bonds. The molecule has 0 radical (unpaired) electrons. The summed E-state index contributed by atoms with van der Waals surface area (Å²) in [4.78, 5) is 17.7. The van der Waals surface area contributed by atoms with Crippen molar-refractivity contribution in [3.05, 3.63) is 34.6 Å². The van der Waals surface area contributed by atoms with Crippen LogP contribution >= 0.6 is 11.3 Å². The van der Waals surface area contributed by atoms with Crippen LogP contribution in [0.25, 0.3) is 10.2 Å². The molecular weight excluding hydrogens is 396 g/mol. The summed E-state index contributed by atoms with van der Waals surface area (Å²) in [5.41, 5.74) is 1.25. The normalized spacial score (nSPS) is 13.4. The van der Waals surface area contributed by atoms with E-state index in [1.165, 1.54) is 32.7 Å². The topological polar surface area (TPSA) is 80.5 Å². The second kappa shape index (κ2) is 7.67. The van der Waals surface area contributed by atoms with Crippen molar-refractivity contribution in [2.45, 2.75) is 0 Å². The maximum Gasteiger partial charge on any atom is 0.279 e. The van der Waals surface area contributed by atoms with Crippen molar-refractivity contribution in [1.29, 1.82) is 0 Å². The molecule has 0 fully saturated rings. The van der Waals surface area contributed by atoms with Crippen LogP contribution in [0.1, 0.15) is 10.4 Å². The summed E-state index contributed by atoms with van der Waals surface area (Å²) in [6.45, 7) is 1.04. The molecule has 0 saturated carbocycles. The van der Waals surface area contributed by atoms with E-state index in [1.54, 1.807) is 12.1 Å². The minimum Gasteiger partial charge on any atom is -0.493 e. The summed E-state index contributed by atoms with van der Waals surface area (Å²) in [5, 5.41) is 0. The van der Waals surface area contributed by atoms with Crippen LogP contribution in [-0.2, 0) is 7.05 Å². The van der Waals surface area contributed by atoms with Crippen molar-refractivity contribution in [2.24, 2.45) is 12.0 Å². The van der Waals surface area contributed by atoms with E-state index in [2.05, 4.69) is 4.99 Å². The SMILES string of the molecule is COc1cc(C(=O)N=c2sc3cc4c(cc3n2C)OCCO4)cc(OC)c1OC. The Labute approximate surface area is 170 Å². The highest BCUT2D eigenvalue weighted by Crippen LogP contribution is 2.38. The Balaban J connectivity index is 1.79. The van der Waals surface area contributed by atoms with Crippen LogP contribution in [0.4, 0.5) is 0 Å². The third-order valence-electron chi connectivity index (χ3n) is 4.58. The molecule has 0 bridgehead atoms. The zero-order valence-corrected chi connectivity index (χ0v) is 17.3. The molecule has 2 heterocycles. The summed E-state index contributed by atoms with van der Waals surface area (Å²) < 4.78 is 30.0. The van der Waals surface area contributed by atoms with Crippen molar-refractivity contribution in [1.82, 2.24) is 4.57 Å². The number of amides is 1. The lowest BCUT2D eigenvalue weighted by Crippen LogP contribution is -2.15. The molecule has 8 nitrogen and oxygen atoms in total. The first-order valence-corrected chi connectivity index (χ1v) is 9.65. The van der Waals surface area contributed by atoms with Gasteiger partial charge in [-0.3, -0.25) is 4.79 Å². The number of carbonyl (C=O) groups excluding carboxylic acids is 1. The summed E-state index contributed by atoms with van der Waals surface area (Å²) in [6.07, 6.45) is 0. The lowest BCUT2D eigenvalue weighted by atomic mass is 10.1. The van der Waals surface area contributed by atoms with E-state index in [1.807, 2.05) is 23.7 Å².